The van der Waals surface area contributed by atoms with Crippen LogP contribution in [0.2, 0.25) is 0 Å². The average Bonchev–Trinajstić information content (AvgIpc) is 3.01. The summed E-state index contributed by atoms with van der Waals surface area (Å²) in [5, 5.41) is 5.04. The molecule has 4 rings (SSSR count). The lowest BCUT2D eigenvalue weighted by Crippen LogP contribution is -2.18. The van der Waals surface area contributed by atoms with Gasteiger partial charge in [-0.2, -0.15) is 13.5 Å². The van der Waals surface area contributed by atoms with E-state index in [1.165, 1.54) is 6.21 Å². The van der Waals surface area contributed by atoms with Gasteiger partial charge in [-0.15, -0.1) is 0 Å². The molecule has 7 heteroatoms. The van der Waals surface area contributed by atoms with Crippen LogP contribution in [0.5, 0.6) is 0 Å². The number of pyridine rings is 1. The zero-order valence-corrected chi connectivity index (χ0v) is 17.8. The Morgan fingerprint density at radius 1 is 1.00 bits per heavy atom. The zero-order chi connectivity index (χ0) is 21.3. The van der Waals surface area contributed by atoms with Crippen molar-refractivity contribution < 1.29 is 8.42 Å². The maximum absolute atomic E-state index is 12.4. The minimum absolute atomic E-state index is 0.181. The molecule has 152 valence electrons. The molecule has 0 saturated heterocycles. The Bertz CT molecular complexity index is 1350. The van der Waals surface area contributed by atoms with Gasteiger partial charge in [0.25, 0.3) is 10.0 Å². The van der Waals surface area contributed by atoms with Gasteiger partial charge in [-0.1, -0.05) is 23.8 Å². The highest BCUT2D eigenvalue weighted by Gasteiger charge is 2.13. The average molecular weight is 419 g/mol. The summed E-state index contributed by atoms with van der Waals surface area (Å²) in [7, 11) is -3.70. The van der Waals surface area contributed by atoms with E-state index in [4.69, 9.17) is 0 Å². The van der Waals surface area contributed by atoms with Gasteiger partial charge in [0.1, 0.15) is 0 Å². The van der Waals surface area contributed by atoms with E-state index in [0.29, 0.717) is 0 Å². The lowest BCUT2D eigenvalue weighted by atomic mass is 10.2. The van der Waals surface area contributed by atoms with Gasteiger partial charge in [-0.3, -0.25) is 4.98 Å². The first-order valence-electron chi connectivity index (χ1n) is 9.51. The molecule has 1 N–H and O–H groups in total. The summed E-state index contributed by atoms with van der Waals surface area (Å²) in [4.78, 5) is 6.83. The van der Waals surface area contributed by atoms with Crippen molar-refractivity contribution in [3.05, 3.63) is 89.4 Å². The van der Waals surface area contributed by atoms with E-state index < -0.39 is 10.0 Å². The Hall–Kier alpha value is -3.45. The molecule has 4 aromatic rings. The highest BCUT2D eigenvalue weighted by Crippen LogP contribution is 2.23. The Morgan fingerprint density at radius 3 is 2.53 bits per heavy atom. The largest absolute Gasteiger partial charge is 0.318 e. The number of nitrogens with one attached hydrogen (secondary N) is 1. The summed E-state index contributed by atoms with van der Waals surface area (Å²) >= 11 is 0. The van der Waals surface area contributed by atoms with Crippen molar-refractivity contribution in [2.75, 3.05) is 0 Å². The van der Waals surface area contributed by atoms with Crippen LogP contribution in [0.15, 0.2) is 76.9 Å². The molecule has 0 bridgehead atoms. The maximum atomic E-state index is 12.4. The van der Waals surface area contributed by atoms with Crippen molar-refractivity contribution in [1.82, 2.24) is 14.4 Å². The maximum Gasteiger partial charge on any atom is 0.276 e. The third-order valence-electron chi connectivity index (χ3n) is 5.02. The van der Waals surface area contributed by atoms with Crippen LogP contribution in [0.3, 0.4) is 0 Å². The van der Waals surface area contributed by atoms with Crippen molar-refractivity contribution in [1.29, 1.82) is 0 Å². The van der Waals surface area contributed by atoms with Crippen LogP contribution in [-0.2, 0) is 10.0 Å². The Labute approximate surface area is 176 Å². The molecule has 0 aliphatic rings. The van der Waals surface area contributed by atoms with Crippen LogP contribution in [0.1, 0.15) is 22.5 Å². The Kier molecular flexibility index (Phi) is 5.13. The molecule has 30 heavy (non-hydrogen) atoms. The fourth-order valence-electron chi connectivity index (χ4n) is 3.45. The van der Waals surface area contributed by atoms with Gasteiger partial charge in [0.2, 0.25) is 0 Å². The number of rotatable bonds is 5. The minimum atomic E-state index is -3.70. The minimum Gasteiger partial charge on any atom is -0.318 e. The molecule has 0 radical (unpaired) electrons. The standard InChI is InChI=1S/C23H22N4O2S/c1-16-6-9-22(10-7-16)30(28,29)26-25-15-20-13-17(2)27(18(20)3)21-8-11-23-19(14-21)5-4-12-24-23/h4-15,26H,1-3H3/b25-15-. The monoisotopic (exact) mass is 418 g/mol. The van der Waals surface area contributed by atoms with Crippen LogP contribution in [0, 0.1) is 20.8 Å². The summed E-state index contributed by atoms with van der Waals surface area (Å²) in [6, 6.07) is 18.7. The number of aryl methyl sites for hydroxylation is 2. The summed E-state index contributed by atoms with van der Waals surface area (Å²) in [6.45, 7) is 5.90. The fraction of sp³-hybridized carbons (Fsp3) is 0.130. The van der Waals surface area contributed by atoms with Gasteiger partial charge in [0, 0.05) is 34.2 Å². The van der Waals surface area contributed by atoms with Crippen LogP contribution in [-0.4, -0.2) is 24.2 Å². The van der Waals surface area contributed by atoms with Gasteiger partial charge >= 0.3 is 0 Å². The molecular weight excluding hydrogens is 396 g/mol. The predicted molar refractivity (Wildman–Crippen MR) is 120 cm³/mol. The second-order valence-electron chi connectivity index (χ2n) is 7.21. The number of fused-ring (bicyclic) bond motifs is 1. The highest BCUT2D eigenvalue weighted by molar-refractivity contribution is 7.89. The lowest BCUT2D eigenvalue weighted by Gasteiger charge is -2.10. The Morgan fingerprint density at radius 2 is 1.77 bits per heavy atom. The normalized spacial score (nSPS) is 12.0. The Balaban J connectivity index is 1.61. The van der Waals surface area contributed by atoms with E-state index in [1.807, 2.05) is 51.1 Å². The molecule has 0 fully saturated rings. The summed E-state index contributed by atoms with van der Waals surface area (Å²) in [5.74, 6) is 0. The molecule has 2 heterocycles. The van der Waals surface area contributed by atoms with E-state index >= 15 is 0 Å². The number of hydrogen-bond acceptors (Lipinski definition) is 4. The second kappa shape index (κ2) is 7.76. The molecule has 0 spiro atoms. The van der Waals surface area contributed by atoms with Crippen LogP contribution in [0.25, 0.3) is 16.6 Å². The van der Waals surface area contributed by atoms with Gasteiger partial charge in [-0.05, 0) is 63.2 Å². The third kappa shape index (κ3) is 3.84. The number of aromatic nitrogens is 2. The summed E-state index contributed by atoms with van der Waals surface area (Å²) in [5.41, 5.74) is 5.79. The quantitative estimate of drug-likeness (QED) is 0.389. The molecule has 0 aliphatic heterocycles. The van der Waals surface area contributed by atoms with Crippen molar-refractivity contribution in [3.63, 3.8) is 0 Å². The van der Waals surface area contributed by atoms with E-state index in [2.05, 4.69) is 25.5 Å². The summed E-state index contributed by atoms with van der Waals surface area (Å²) < 4.78 is 26.9. The van der Waals surface area contributed by atoms with E-state index in [9.17, 15) is 8.42 Å². The molecule has 2 aromatic carbocycles. The first-order valence-corrected chi connectivity index (χ1v) is 11.0. The van der Waals surface area contributed by atoms with Crippen molar-refractivity contribution in [2.45, 2.75) is 25.7 Å². The van der Waals surface area contributed by atoms with E-state index in [0.717, 1.165) is 39.1 Å². The van der Waals surface area contributed by atoms with Crippen LogP contribution < -0.4 is 4.83 Å². The number of benzene rings is 2. The smallest absolute Gasteiger partial charge is 0.276 e. The van der Waals surface area contributed by atoms with Gasteiger partial charge in [-0.25, -0.2) is 4.83 Å². The topological polar surface area (TPSA) is 76.3 Å². The molecule has 0 amide bonds. The van der Waals surface area contributed by atoms with E-state index in [-0.39, 0.29) is 4.90 Å². The van der Waals surface area contributed by atoms with Crippen molar-refractivity contribution >= 4 is 27.1 Å². The second-order valence-corrected chi connectivity index (χ2v) is 8.87. The number of sulfonamides is 1. The molecule has 0 saturated carbocycles. The zero-order valence-electron chi connectivity index (χ0n) is 17.0. The first-order chi connectivity index (χ1) is 14.3. The van der Waals surface area contributed by atoms with Crippen LogP contribution >= 0.6 is 0 Å². The first kappa shape index (κ1) is 19.8. The van der Waals surface area contributed by atoms with E-state index in [1.54, 1.807) is 30.5 Å². The lowest BCUT2D eigenvalue weighted by molar-refractivity contribution is 0.584. The van der Waals surface area contributed by atoms with Crippen molar-refractivity contribution in [2.24, 2.45) is 5.10 Å². The van der Waals surface area contributed by atoms with Crippen molar-refractivity contribution in [3.8, 4) is 5.69 Å². The summed E-state index contributed by atoms with van der Waals surface area (Å²) in [6.07, 6.45) is 3.31. The number of hydrogen-bond donors (Lipinski definition) is 1. The third-order valence-corrected chi connectivity index (χ3v) is 6.26. The van der Waals surface area contributed by atoms with Gasteiger partial charge < -0.3 is 4.57 Å². The number of nitrogens with zero attached hydrogens (tertiary/aromatic N) is 3. The molecule has 6 nitrogen and oxygen atoms in total. The van der Waals surface area contributed by atoms with Gasteiger partial charge in [0.15, 0.2) is 0 Å². The van der Waals surface area contributed by atoms with Gasteiger partial charge in [0.05, 0.1) is 16.6 Å². The molecule has 2 aromatic heterocycles. The molecule has 0 unspecified atom stereocenters. The highest BCUT2D eigenvalue weighted by atomic mass is 32.2. The molecular formula is C23H22N4O2S. The SMILES string of the molecule is Cc1ccc(S(=O)(=O)N/N=C\c2cc(C)n(-c3ccc4ncccc4c3)c2C)cc1. The predicted octanol–water partition coefficient (Wildman–Crippen LogP) is 4.26. The van der Waals surface area contributed by atoms with Crippen LogP contribution in [0.4, 0.5) is 0 Å². The molecule has 0 atom stereocenters. The number of hydrazone groups is 1. The molecule has 0 aliphatic carbocycles. The fourth-order valence-corrected chi connectivity index (χ4v) is 4.24.